The first-order valence-corrected chi connectivity index (χ1v) is 10.9. The van der Waals surface area contributed by atoms with Crippen molar-refractivity contribution in [3.63, 3.8) is 0 Å². The first kappa shape index (κ1) is 19.4. The number of nitrogens with zero attached hydrogens (tertiary/aromatic N) is 4. The molecule has 3 heterocycles. The van der Waals surface area contributed by atoms with Crippen LogP contribution in [0.4, 0.5) is 10.1 Å². The number of halogens is 1. The average molecular weight is 434 g/mol. The van der Waals surface area contributed by atoms with Crippen molar-refractivity contribution >= 4 is 27.6 Å². The highest BCUT2D eigenvalue weighted by atomic mass is 19.1. The summed E-state index contributed by atoms with van der Waals surface area (Å²) >= 11 is 0. The molecular formula is C23H23FN6O2. The van der Waals surface area contributed by atoms with E-state index in [1.54, 1.807) is 26.4 Å². The van der Waals surface area contributed by atoms with Crippen LogP contribution in [0.5, 0.6) is 11.8 Å². The lowest BCUT2D eigenvalue weighted by atomic mass is 9.74. The van der Waals surface area contributed by atoms with Gasteiger partial charge in [-0.15, -0.1) is 0 Å². The van der Waals surface area contributed by atoms with E-state index in [1.807, 2.05) is 0 Å². The standard InChI is InChI=1S/C23H23FN6O2/c1-10-26-8-13(9-27-10)32-23-29-20-14-4-3-12(31)5-11(14)6-15-16(24)7-17(25-2)21-18(15)19(20)22(28-21)30-23/h7-9,11-12,14,25,31H,3-6H2,1-2H3,(H,28,29,30)/t11-,12-,14+/m1/s1. The van der Waals surface area contributed by atoms with Gasteiger partial charge in [0.25, 0.3) is 0 Å². The predicted octanol–water partition coefficient (Wildman–Crippen LogP) is 3.98. The molecule has 1 aromatic carbocycles. The lowest BCUT2D eigenvalue weighted by Crippen LogP contribution is -2.28. The molecule has 1 fully saturated rings. The van der Waals surface area contributed by atoms with E-state index in [9.17, 15) is 5.11 Å². The Labute approximate surface area is 183 Å². The topological polar surface area (TPSA) is 109 Å². The number of aromatic nitrogens is 5. The molecule has 0 bridgehead atoms. The summed E-state index contributed by atoms with van der Waals surface area (Å²) in [6.45, 7) is 1.80. The molecule has 0 unspecified atom stereocenters. The number of ether oxygens (including phenoxy) is 1. The van der Waals surface area contributed by atoms with Gasteiger partial charge in [0.05, 0.1) is 35.4 Å². The second kappa shape index (κ2) is 7.09. The van der Waals surface area contributed by atoms with Crippen molar-refractivity contribution in [2.24, 2.45) is 5.92 Å². The van der Waals surface area contributed by atoms with Crippen molar-refractivity contribution in [3.05, 3.63) is 41.4 Å². The quantitative estimate of drug-likeness (QED) is 0.447. The molecule has 4 aromatic rings. The molecule has 3 N–H and O–H groups in total. The molecule has 3 aromatic heterocycles. The molecule has 8 nitrogen and oxygen atoms in total. The Morgan fingerprint density at radius 3 is 2.78 bits per heavy atom. The van der Waals surface area contributed by atoms with E-state index in [0.717, 1.165) is 28.4 Å². The lowest BCUT2D eigenvalue weighted by Gasteiger charge is -2.33. The van der Waals surface area contributed by atoms with Crippen molar-refractivity contribution in [2.45, 2.75) is 44.6 Å². The van der Waals surface area contributed by atoms with Crippen LogP contribution in [0, 0.1) is 18.7 Å². The number of aliphatic hydroxyl groups excluding tert-OH is 1. The van der Waals surface area contributed by atoms with Gasteiger partial charge in [-0.25, -0.2) is 14.4 Å². The third-order valence-corrected chi connectivity index (χ3v) is 6.80. The Kier molecular flexibility index (Phi) is 4.29. The minimum Gasteiger partial charge on any atom is -0.421 e. The zero-order valence-corrected chi connectivity index (χ0v) is 17.8. The predicted molar refractivity (Wildman–Crippen MR) is 118 cm³/mol. The first-order chi connectivity index (χ1) is 15.5. The van der Waals surface area contributed by atoms with Crippen LogP contribution in [0.1, 0.15) is 42.3 Å². The molecule has 1 saturated carbocycles. The minimum absolute atomic E-state index is 0.0874. The van der Waals surface area contributed by atoms with E-state index < -0.39 is 0 Å². The number of fused-ring (bicyclic) bond motifs is 2. The van der Waals surface area contributed by atoms with Gasteiger partial charge in [-0.3, -0.25) is 0 Å². The third-order valence-electron chi connectivity index (χ3n) is 6.80. The van der Waals surface area contributed by atoms with Crippen molar-refractivity contribution in [1.29, 1.82) is 0 Å². The van der Waals surface area contributed by atoms with E-state index >= 15 is 4.39 Å². The molecular weight excluding hydrogens is 411 g/mol. The molecule has 0 spiro atoms. The molecule has 2 aliphatic carbocycles. The summed E-state index contributed by atoms with van der Waals surface area (Å²) in [4.78, 5) is 21.2. The maximum Gasteiger partial charge on any atom is 0.324 e. The lowest BCUT2D eigenvalue weighted by molar-refractivity contribution is 0.0886. The number of aryl methyl sites for hydroxylation is 1. The number of anilines is 1. The van der Waals surface area contributed by atoms with Gasteiger partial charge in [-0.2, -0.15) is 9.97 Å². The van der Waals surface area contributed by atoms with E-state index in [4.69, 9.17) is 9.72 Å². The van der Waals surface area contributed by atoms with Gasteiger partial charge < -0.3 is 20.1 Å². The number of hydrogen-bond acceptors (Lipinski definition) is 7. The maximum atomic E-state index is 15.2. The SMILES string of the molecule is CNc1cc(F)c2c3c1[nH]c1nc(Oc4cnc(C)nc4)nc(c13)[C@H]1CC[C@@H](O)C[C@@H]1C2. The fourth-order valence-corrected chi connectivity index (χ4v) is 5.35. The summed E-state index contributed by atoms with van der Waals surface area (Å²) in [5, 5.41) is 15.1. The van der Waals surface area contributed by atoms with Gasteiger partial charge in [0.2, 0.25) is 0 Å². The van der Waals surface area contributed by atoms with Crippen LogP contribution < -0.4 is 10.1 Å². The number of hydrogen-bond donors (Lipinski definition) is 3. The fourth-order valence-electron chi connectivity index (χ4n) is 5.35. The zero-order chi connectivity index (χ0) is 22.0. The number of rotatable bonds is 3. The van der Waals surface area contributed by atoms with Crippen molar-refractivity contribution in [2.75, 3.05) is 12.4 Å². The molecule has 6 rings (SSSR count). The number of nitrogens with one attached hydrogen (secondary N) is 2. The molecule has 0 radical (unpaired) electrons. The Hall–Kier alpha value is -3.33. The maximum absolute atomic E-state index is 15.2. The van der Waals surface area contributed by atoms with Crippen LogP contribution in [-0.4, -0.2) is 43.2 Å². The third kappa shape index (κ3) is 2.91. The van der Waals surface area contributed by atoms with E-state index in [2.05, 4.69) is 25.3 Å². The monoisotopic (exact) mass is 434 g/mol. The van der Waals surface area contributed by atoms with Crippen LogP contribution in [0.3, 0.4) is 0 Å². The largest absolute Gasteiger partial charge is 0.421 e. The normalized spacial score (nSPS) is 22.2. The van der Waals surface area contributed by atoms with Gasteiger partial charge >= 0.3 is 6.01 Å². The summed E-state index contributed by atoms with van der Waals surface area (Å²) in [6.07, 6.45) is 5.47. The highest BCUT2D eigenvalue weighted by Crippen LogP contribution is 2.48. The number of aliphatic hydroxyl groups is 1. The summed E-state index contributed by atoms with van der Waals surface area (Å²) < 4.78 is 21.2. The van der Waals surface area contributed by atoms with E-state index in [1.165, 1.54) is 6.07 Å². The Morgan fingerprint density at radius 1 is 1.19 bits per heavy atom. The van der Waals surface area contributed by atoms with Gasteiger partial charge in [-0.05, 0) is 50.2 Å². The minimum atomic E-state index is -0.372. The Bertz CT molecular complexity index is 1350. The number of H-pyrrole nitrogens is 1. The van der Waals surface area contributed by atoms with Crippen molar-refractivity contribution < 1.29 is 14.2 Å². The van der Waals surface area contributed by atoms with Crippen LogP contribution in [0.25, 0.3) is 21.9 Å². The Balaban J connectivity index is 1.60. The Morgan fingerprint density at radius 2 is 2.00 bits per heavy atom. The van der Waals surface area contributed by atoms with Gasteiger partial charge in [0, 0.05) is 23.7 Å². The summed E-state index contributed by atoms with van der Waals surface area (Å²) in [7, 11) is 1.77. The first-order valence-electron chi connectivity index (χ1n) is 10.9. The highest BCUT2D eigenvalue weighted by molar-refractivity contribution is 6.13. The van der Waals surface area contributed by atoms with Crippen LogP contribution in [0.2, 0.25) is 0 Å². The van der Waals surface area contributed by atoms with Crippen LogP contribution >= 0.6 is 0 Å². The molecule has 3 atom stereocenters. The van der Waals surface area contributed by atoms with Crippen LogP contribution in [0.15, 0.2) is 18.5 Å². The van der Waals surface area contributed by atoms with Gasteiger partial charge in [0.1, 0.15) is 17.3 Å². The van der Waals surface area contributed by atoms with E-state index in [-0.39, 0.29) is 29.8 Å². The summed E-state index contributed by atoms with van der Waals surface area (Å²) in [5.41, 5.74) is 3.61. The van der Waals surface area contributed by atoms with Crippen molar-refractivity contribution in [1.82, 2.24) is 24.9 Å². The molecule has 9 heteroatoms. The van der Waals surface area contributed by atoms with Crippen molar-refractivity contribution in [3.8, 4) is 11.8 Å². The molecule has 164 valence electrons. The second-order valence-electron chi connectivity index (χ2n) is 8.73. The fraction of sp³-hybridized carbons (Fsp3) is 0.391. The van der Waals surface area contributed by atoms with Crippen LogP contribution in [-0.2, 0) is 6.42 Å². The molecule has 0 amide bonds. The molecule has 0 saturated heterocycles. The van der Waals surface area contributed by atoms with E-state index in [0.29, 0.717) is 47.7 Å². The second-order valence-corrected chi connectivity index (χ2v) is 8.73. The summed E-state index contributed by atoms with van der Waals surface area (Å²) in [5.74, 6) is 1.03. The number of aromatic amines is 1. The summed E-state index contributed by atoms with van der Waals surface area (Å²) in [6, 6.07) is 1.73. The van der Waals surface area contributed by atoms with Gasteiger partial charge in [0.15, 0.2) is 5.75 Å². The average Bonchev–Trinajstić information content (AvgIpc) is 3.09. The number of benzene rings is 1. The van der Waals surface area contributed by atoms with Gasteiger partial charge in [-0.1, -0.05) is 0 Å². The highest BCUT2D eigenvalue weighted by Gasteiger charge is 2.38. The molecule has 2 aliphatic rings. The molecule has 32 heavy (non-hydrogen) atoms. The zero-order valence-electron chi connectivity index (χ0n) is 17.8. The molecule has 0 aliphatic heterocycles. The smallest absolute Gasteiger partial charge is 0.324 e.